The van der Waals surface area contributed by atoms with Gasteiger partial charge in [-0.25, -0.2) is 4.98 Å². The van der Waals surface area contributed by atoms with Gasteiger partial charge < -0.3 is 9.72 Å². The van der Waals surface area contributed by atoms with Crippen molar-refractivity contribution in [1.29, 1.82) is 0 Å². The third kappa shape index (κ3) is 2.23. The summed E-state index contributed by atoms with van der Waals surface area (Å²) in [5.74, 6) is 1.29. The lowest BCUT2D eigenvalue weighted by Crippen LogP contribution is -2.09. The molecule has 112 valence electrons. The van der Waals surface area contributed by atoms with E-state index in [0.29, 0.717) is 16.7 Å². The molecule has 0 spiro atoms. The van der Waals surface area contributed by atoms with E-state index in [-0.39, 0.29) is 5.56 Å². The van der Waals surface area contributed by atoms with E-state index in [0.717, 1.165) is 22.2 Å². The predicted octanol–water partition coefficient (Wildman–Crippen LogP) is 3.15. The van der Waals surface area contributed by atoms with Crippen LogP contribution in [0.15, 0.2) is 59.5 Å². The highest BCUT2D eigenvalue weighted by Crippen LogP contribution is 2.23. The molecule has 0 fully saturated rings. The molecule has 5 nitrogen and oxygen atoms in total. The van der Waals surface area contributed by atoms with Crippen molar-refractivity contribution in [3.8, 4) is 17.1 Å². The Labute approximate surface area is 131 Å². The Morgan fingerprint density at radius 3 is 2.61 bits per heavy atom. The van der Waals surface area contributed by atoms with Gasteiger partial charge in [-0.15, -0.1) is 0 Å². The van der Waals surface area contributed by atoms with E-state index in [1.165, 1.54) is 0 Å². The quantitative estimate of drug-likeness (QED) is 0.578. The lowest BCUT2D eigenvalue weighted by atomic mass is 10.1. The number of H-pyrrole nitrogens is 1. The van der Waals surface area contributed by atoms with E-state index in [1.807, 2.05) is 42.5 Å². The molecule has 0 aliphatic carbocycles. The minimum Gasteiger partial charge on any atom is -0.497 e. The first-order chi connectivity index (χ1) is 11.3. The maximum atomic E-state index is 12.4. The summed E-state index contributed by atoms with van der Waals surface area (Å²) >= 11 is 0. The zero-order valence-electron chi connectivity index (χ0n) is 12.4. The molecule has 2 aromatic carbocycles. The van der Waals surface area contributed by atoms with Crippen LogP contribution in [0.25, 0.3) is 33.2 Å². The third-order valence-corrected chi connectivity index (χ3v) is 3.82. The number of ether oxygens (including phenoxy) is 1. The fourth-order valence-electron chi connectivity index (χ4n) is 2.64. The summed E-state index contributed by atoms with van der Waals surface area (Å²) in [4.78, 5) is 24.2. The monoisotopic (exact) mass is 303 g/mol. The van der Waals surface area contributed by atoms with Crippen LogP contribution < -0.4 is 10.3 Å². The van der Waals surface area contributed by atoms with Crippen LogP contribution in [0, 0.1) is 0 Å². The number of aromatic amines is 1. The minimum absolute atomic E-state index is 0.161. The van der Waals surface area contributed by atoms with E-state index in [4.69, 9.17) is 4.74 Å². The van der Waals surface area contributed by atoms with Crippen LogP contribution in [-0.4, -0.2) is 22.1 Å². The molecular formula is C18H13N3O2. The van der Waals surface area contributed by atoms with Crippen LogP contribution in [0.2, 0.25) is 0 Å². The molecular weight excluding hydrogens is 290 g/mol. The fourth-order valence-corrected chi connectivity index (χ4v) is 2.64. The van der Waals surface area contributed by atoms with Gasteiger partial charge in [0.15, 0.2) is 0 Å². The molecule has 4 aromatic rings. The predicted molar refractivity (Wildman–Crippen MR) is 89.7 cm³/mol. The summed E-state index contributed by atoms with van der Waals surface area (Å²) < 4.78 is 5.16. The first kappa shape index (κ1) is 13.5. The van der Waals surface area contributed by atoms with Crippen LogP contribution in [0.3, 0.4) is 0 Å². The number of fused-ring (bicyclic) bond motifs is 3. The van der Waals surface area contributed by atoms with Crippen molar-refractivity contribution in [1.82, 2.24) is 15.0 Å². The molecule has 0 radical (unpaired) electrons. The first-order valence-electron chi connectivity index (χ1n) is 7.18. The first-order valence-corrected chi connectivity index (χ1v) is 7.18. The van der Waals surface area contributed by atoms with E-state index in [9.17, 15) is 4.79 Å². The number of hydrogen-bond donors (Lipinski definition) is 1. The van der Waals surface area contributed by atoms with Crippen molar-refractivity contribution in [2.45, 2.75) is 0 Å². The van der Waals surface area contributed by atoms with Gasteiger partial charge in [0.05, 0.1) is 23.5 Å². The summed E-state index contributed by atoms with van der Waals surface area (Å²) in [5, 5.41) is 1.42. The summed E-state index contributed by atoms with van der Waals surface area (Å²) in [6.07, 6.45) is 1.73. The second-order valence-corrected chi connectivity index (χ2v) is 5.17. The van der Waals surface area contributed by atoms with Gasteiger partial charge in [-0.05, 0) is 48.5 Å². The average molecular weight is 303 g/mol. The van der Waals surface area contributed by atoms with Crippen LogP contribution in [0.5, 0.6) is 5.75 Å². The molecule has 5 heteroatoms. The molecule has 0 saturated heterocycles. The number of aromatic nitrogens is 3. The number of hydrogen-bond acceptors (Lipinski definition) is 4. The van der Waals surface area contributed by atoms with Gasteiger partial charge in [0.2, 0.25) is 0 Å². The van der Waals surface area contributed by atoms with Crippen LogP contribution in [0.4, 0.5) is 0 Å². The molecule has 0 bridgehead atoms. The van der Waals surface area contributed by atoms with Crippen LogP contribution in [-0.2, 0) is 0 Å². The van der Waals surface area contributed by atoms with Gasteiger partial charge in [0.25, 0.3) is 5.56 Å². The number of pyridine rings is 1. The van der Waals surface area contributed by atoms with Gasteiger partial charge in [0.1, 0.15) is 11.6 Å². The Hall–Kier alpha value is -3.21. The largest absolute Gasteiger partial charge is 0.497 e. The number of nitrogens with zero attached hydrogens (tertiary/aromatic N) is 2. The zero-order valence-corrected chi connectivity index (χ0v) is 12.4. The lowest BCUT2D eigenvalue weighted by Gasteiger charge is -2.06. The fraction of sp³-hybridized carbons (Fsp3) is 0.0556. The Balaban J connectivity index is 2.01. The number of benzene rings is 2. The Morgan fingerprint density at radius 1 is 1.00 bits per heavy atom. The summed E-state index contributed by atoms with van der Waals surface area (Å²) in [7, 11) is 1.62. The van der Waals surface area contributed by atoms with Crippen molar-refractivity contribution in [2.24, 2.45) is 0 Å². The van der Waals surface area contributed by atoms with E-state index >= 15 is 0 Å². The molecule has 2 heterocycles. The molecule has 1 N–H and O–H groups in total. The highest BCUT2D eigenvalue weighted by molar-refractivity contribution is 6.03. The SMILES string of the molecule is COc1ccc(-c2nc3c(ccc4ncccc43)c(=O)[nH]2)cc1. The normalized spacial score (nSPS) is 11.0. The maximum absolute atomic E-state index is 12.4. The van der Waals surface area contributed by atoms with Gasteiger partial charge in [-0.2, -0.15) is 0 Å². The van der Waals surface area contributed by atoms with Crippen molar-refractivity contribution in [3.63, 3.8) is 0 Å². The van der Waals surface area contributed by atoms with Crippen LogP contribution >= 0.6 is 0 Å². The number of nitrogens with one attached hydrogen (secondary N) is 1. The Morgan fingerprint density at radius 2 is 1.83 bits per heavy atom. The Kier molecular flexibility index (Phi) is 3.05. The standard InChI is InChI=1S/C18H13N3O2/c1-23-12-6-4-11(5-7-12)17-20-16-13-3-2-10-19-15(13)9-8-14(16)18(22)21-17/h2-10H,1H3,(H,20,21,22). The topological polar surface area (TPSA) is 67.9 Å². The summed E-state index contributed by atoms with van der Waals surface area (Å²) in [6, 6.07) is 14.8. The second kappa shape index (κ2) is 5.21. The van der Waals surface area contributed by atoms with Gasteiger partial charge in [0, 0.05) is 17.1 Å². The molecule has 23 heavy (non-hydrogen) atoms. The van der Waals surface area contributed by atoms with Crippen molar-refractivity contribution >= 4 is 21.8 Å². The van der Waals surface area contributed by atoms with E-state index in [2.05, 4.69) is 15.0 Å². The van der Waals surface area contributed by atoms with E-state index in [1.54, 1.807) is 19.4 Å². The van der Waals surface area contributed by atoms with Gasteiger partial charge >= 0.3 is 0 Å². The van der Waals surface area contributed by atoms with E-state index < -0.39 is 0 Å². The minimum atomic E-state index is -0.161. The molecule has 0 unspecified atom stereocenters. The molecule has 4 rings (SSSR count). The summed E-state index contributed by atoms with van der Waals surface area (Å²) in [6.45, 7) is 0. The highest BCUT2D eigenvalue weighted by atomic mass is 16.5. The molecule has 2 aromatic heterocycles. The van der Waals surface area contributed by atoms with Crippen LogP contribution in [0.1, 0.15) is 0 Å². The van der Waals surface area contributed by atoms with Crippen molar-refractivity contribution < 1.29 is 4.74 Å². The molecule has 0 saturated carbocycles. The zero-order chi connectivity index (χ0) is 15.8. The highest BCUT2D eigenvalue weighted by Gasteiger charge is 2.09. The average Bonchev–Trinajstić information content (AvgIpc) is 2.61. The molecule has 0 aliphatic rings. The van der Waals surface area contributed by atoms with Crippen molar-refractivity contribution in [2.75, 3.05) is 7.11 Å². The smallest absolute Gasteiger partial charge is 0.259 e. The second-order valence-electron chi connectivity index (χ2n) is 5.17. The molecule has 0 aliphatic heterocycles. The number of methoxy groups -OCH3 is 1. The Bertz CT molecular complexity index is 1070. The maximum Gasteiger partial charge on any atom is 0.259 e. The van der Waals surface area contributed by atoms with Crippen molar-refractivity contribution in [3.05, 3.63) is 65.1 Å². The van der Waals surface area contributed by atoms with Gasteiger partial charge in [-0.3, -0.25) is 9.78 Å². The molecule has 0 atom stereocenters. The third-order valence-electron chi connectivity index (χ3n) is 3.82. The molecule has 0 amide bonds. The van der Waals surface area contributed by atoms with Gasteiger partial charge in [-0.1, -0.05) is 0 Å². The summed E-state index contributed by atoms with van der Waals surface area (Å²) in [5.41, 5.74) is 2.14. The lowest BCUT2D eigenvalue weighted by molar-refractivity contribution is 0.415. The number of rotatable bonds is 2.